The monoisotopic (exact) mass is 213 g/mol. The van der Waals surface area contributed by atoms with Gasteiger partial charge in [0.05, 0.1) is 6.10 Å². The normalized spacial score (nSPS) is 47.4. The van der Waals surface area contributed by atoms with E-state index < -0.39 is 0 Å². The highest BCUT2D eigenvalue weighted by atomic mass is 16.7. The summed E-state index contributed by atoms with van der Waals surface area (Å²) in [4.78, 5) is 0. The summed E-state index contributed by atoms with van der Waals surface area (Å²) in [5.41, 5.74) is 6.62. The van der Waals surface area contributed by atoms with Gasteiger partial charge in [0, 0.05) is 13.2 Å². The van der Waals surface area contributed by atoms with Gasteiger partial charge in [-0.15, -0.1) is 0 Å². The number of ether oxygens (including phenoxy) is 2. The highest BCUT2D eigenvalue weighted by Crippen LogP contribution is 2.61. The van der Waals surface area contributed by atoms with Crippen molar-refractivity contribution in [2.75, 3.05) is 13.9 Å². The van der Waals surface area contributed by atoms with Gasteiger partial charge in [-0.05, 0) is 29.6 Å². The van der Waals surface area contributed by atoms with Crippen LogP contribution in [-0.2, 0) is 9.47 Å². The summed E-state index contributed by atoms with van der Waals surface area (Å²) >= 11 is 0. The van der Waals surface area contributed by atoms with Gasteiger partial charge in [-0.2, -0.15) is 0 Å². The molecule has 0 aromatic rings. The summed E-state index contributed by atoms with van der Waals surface area (Å²) in [5, 5.41) is 0. The van der Waals surface area contributed by atoms with E-state index in [0.29, 0.717) is 24.0 Å². The Labute approximate surface area is 92.3 Å². The summed E-state index contributed by atoms with van der Waals surface area (Å²) < 4.78 is 10.7. The zero-order valence-electron chi connectivity index (χ0n) is 10.2. The largest absolute Gasteiger partial charge is 0.359 e. The van der Waals surface area contributed by atoms with Crippen LogP contribution in [0.1, 0.15) is 27.2 Å². The first kappa shape index (κ1) is 11.4. The maximum Gasteiger partial charge on any atom is 0.146 e. The van der Waals surface area contributed by atoms with Crippen molar-refractivity contribution in [3.8, 4) is 0 Å². The standard InChI is InChI=1S/C12H23NO2/c1-7-8-5-9(12(8,2)3)11(10(7)13)15-6-14-4/h7-11H,5-6,13H2,1-4H3. The van der Waals surface area contributed by atoms with E-state index in [1.165, 1.54) is 6.42 Å². The summed E-state index contributed by atoms with van der Waals surface area (Å²) in [7, 11) is 1.66. The lowest BCUT2D eigenvalue weighted by molar-refractivity contribution is -0.218. The van der Waals surface area contributed by atoms with Gasteiger partial charge >= 0.3 is 0 Å². The Morgan fingerprint density at radius 1 is 1.33 bits per heavy atom. The molecule has 3 heteroatoms. The third kappa shape index (κ3) is 1.52. The molecule has 3 aliphatic carbocycles. The molecule has 5 unspecified atom stereocenters. The van der Waals surface area contributed by atoms with Gasteiger partial charge in [-0.1, -0.05) is 20.8 Å². The Morgan fingerprint density at radius 2 is 2.00 bits per heavy atom. The Morgan fingerprint density at radius 3 is 2.53 bits per heavy atom. The van der Waals surface area contributed by atoms with Crippen LogP contribution in [0.3, 0.4) is 0 Å². The fourth-order valence-corrected chi connectivity index (χ4v) is 3.65. The minimum Gasteiger partial charge on any atom is -0.359 e. The molecule has 0 aliphatic heterocycles. The van der Waals surface area contributed by atoms with Crippen LogP contribution in [0.5, 0.6) is 0 Å². The third-order valence-corrected chi connectivity index (χ3v) is 4.82. The summed E-state index contributed by atoms with van der Waals surface area (Å²) in [6.45, 7) is 7.31. The van der Waals surface area contributed by atoms with Gasteiger partial charge in [0.15, 0.2) is 0 Å². The van der Waals surface area contributed by atoms with Crippen LogP contribution in [0.4, 0.5) is 0 Å². The molecule has 0 radical (unpaired) electrons. The van der Waals surface area contributed by atoms with Crippen LogP contribution in [-0.4, -0.2) is 26.0 Å². The maximum absolute atomic E-state index is 6.22. The number of rotatable bonds is 3. The molecule has 2 N–H and O–H groups in total. The van der Waals surface area contributed by atoms with Crippen LogP contribution >= 0.6 is 0 Å². The highest BCUT2D eigenvalue weighted by molar-refractivity contribution is 5.11. The Hall–Kier alpha value is -0.120. The summed E-state index contributed by atoms with van der Waals surface area (Å²) in [6.07, 6.45) is 1.45. The Bertz CT molecular complexity index is 242. The molecule has 0 amide bonds. The first-order valence-electron chi connectivity index (χ1n) is 5.86. The minimum absolute atomic E-state index is 0.178. The van der Waals surface area contributed by atoms with E-state index in [0.717, 1.165) is 5.92 Å². The predicted molar refractivity (Wildman–Crippen MR) is 59.3 cm³/mol. The molecule has 3 nitrogen and oxygen atoms in total. The molecule has 0 aromatic heterocycles. The first-order valence-corrected chi connectivity index (χ1v) is 5.86. The van der Waals surface area contributed by atoms with Crippen molar-refractivity contribution >= 4 is 0 Å². The fraction of sp³-hybridized carbons (Fsp3) is 1.00. The highest BCUT2D eigenvalue weighted by Gasteiger charge is 2.60. The third-order valence-electron chi connectivity index (χ3n) is 4.82. The van der Waals surface area contributed by atoms with Gasteiger partial charge in [0.2, 0.25) is 0 Å². The molecule has 5 atom stereocenters. The number of fused-ring (bicyclic) bond motifs is 2. The van der Waals surface area contributed by atoms with Crippen molar-refractivity contribution in [3.63, 3.8) is 0 Å². The average Bonchev–Trinajstić information content (AvgIpc) is 2.19. The molecule has 0 heterocycles. The zero-order valence-corrected chi connectivity index (χ0v) is 10.2. The van der Waals surface area contributed by atoms with Crippen LogP contribution in [0.25, 0.3) is 0 Å². The molecule has 3 fully saturated rings. The maximum atomic E-state index is 6.22. The van der Waals surface area contributed by atoms with Crippen molar-refractivity contribution in [1.29, 1.82) is 0 Å². The van der Waals surface area contributed by atoms with Crippen LogP contribution < -0.4 is 5.73 Å². The number of hydrogen-bond donors (Lipinski definition) is 1. The van der Waals surface area contributed by atoms with E-state index in [-0.39, 0.29) is 12.1 Å². The van der Waals surface area contributed by atoms with E-state index >= 15 is 0 Å². The molecule has 0 aromatic carbocycles. The topological polar surface area (TPSA) is 44.5 Å². The molecule has 3 saturated carbocycles. The van der Waals surface area contributed by atoms with E-state index in [4.69, 9.17) is 15.2 Å². The number of nitrogens with two attached hydrogens (primary N) is 1. The van der Waals surface area contributed by atoms with Crippen molar-refractivity contribution in [2.24, 2.45) is 28.9 Å². The second-order valence-electron chi connectivity index (χ2n) is 5.74. The lowest BCUT2D eigenvalue weighted by Crippen LogP contribution is -2.67. The molecule has 0 saturated heterocycles. The second-order valence-corrected chi connectivity index (χ2v) is 5.74. The van der Waals surface area contributed by atoms with Crippen LogP contribution in [0.2, 0.25) is 0 Å². The quantitative estimate of drug-likeness (QED) is 0.724. The van der Waals surface area contributed by atoms with Gasteiger partial charge in [0.25, 0.3) is 0 Å². The molecule has 3 aliphatic rings. The average molecular weight is 213 g/mol. The zero-order chi connectivity index (χ0) is 11.2. The van der Waals surface area contributed by atoms with E-state index in [1.807, 2.05) is 0 Å². The van der Waals surface area contributed by atoms with Gasteiger partial charge in [-0.3, -0.25) is 0 Å². The molecule has 88 valence electrons. The molecule has 15 heavy (non-hydrogen) atoms. The van der Waals surface area contributed by atoms with Crippen LogP contribution in [0, 0.1) is 23.2 Å². The van der Waals surface area contributed by atoms with Gasteiger partial charge < -0.3 is 15.2 Å². The Kier molecular flexibility index (Phi) is 2.82. The fourth-order valence-electron chi connectivity index (χ4n) is 3.65. The second kappa shape index (κ2) is 3.72. The Balaban J connectivity index is 2.08. The van der Waals surface area contributed by atoms with Gasteiger partial charge in [-0.25, -0.2) is 0 Å². The van der Waals surface area contributed by atoms with Gasteiger partial charge in [0.1, 0.15) is 6.79 Å². The van der Waals surface area contributed by atoms with Crippen molar-refractivity contribution in [3.05, 3.63) is 0 Å². The smallest absolute Gasteiger partial charge is 0.146 e. The van der Waals surface area contributed by atoms with Crippen molar-refractivity contribution < 1.29 is 9.47 Å². The summed E-state index contributed by atoms with van der Waals surface area (Å²) in [6, 6.07) is 0.178. The molecule has 0 spiro atoms. The SMILES string of the molecule is COCOC1C(N)C(C)C2CC1C2(C)C. The summed E-state index contributed by atoms with van der Waals surface area (Å²) in [5.74, 6) is 1.95. The van der Waals surface area contributed by atoms with Crippen molar-refractivity contribution in [1.82, 2.24) is 0 Å². The lowest BCUT2D eigenvalue weighted by Gasteiger charge is -2.64. The number of hydrogen-bond acceptors (Lipinski definition) is 3. The van der Waals surface area contributed by atoms with Crippen molar-refractivity contribution in [2.45, 2.75) is 39.3 Å². The minimum atomic E-state index is 0.178. The lowest BCUT2D eigenvalue weighted by atomic mass is 9.44. The molecule has 2 bridgehead atoms. The predicted octanol–water partition coefficient (Wildman–Crippen LogP) is 1.61. The van der Waals surface area contributed by atoms with Crippen LogP contribution in [0.15, 0.2) is 0 Å². The van der Waals surface area contributed by atoms with E-state index in [2.05, 4.69) is 20.8 Å². The number of methoxy groups -OCH3 is 1. The molecule has 3 rings (SSSR count). The first-order chi connectivity index (χ1) is 7.00. The van der Waals surface area contributed by atoms with E-state index in [1.54, 1.807) is 7.11 Å². The molecular formula is C12H23NO2. The molecular weight excluding hydrogens is 190 g/mol. The van der Waals surface area contributed by atoms with E-state index in [9.17, 15) is 0 Å².